The molecule has 3 heteroatoms. The van der Waals surface area contributed by atoms with Crippen LogP contribution < -0.4 is 5.32 Å². The lowest BCUT2D eigenvalue weighted by Crippen LogP contribution is -2.24. The van der Waals surface area contributed by atoms with Crippen molar-refractivity contribution in [1.29, 1.82) is 0 Å². The van der Waals surface area contributed by atoms with E-state index in [1.807, 2.05) is 12.1 Å². The van der Waals surface area contributed by atoms with Gasteiger partial charge in [0.15, 0.2) is 0 Å². The van der Waals surface area contributed by atoms with E-state index in [4.69, 9.17) is 0 Å². The number of phenols is 1. The Labute approximate surface area is 89.8 Å². The Hall–Kier alpha value is -1.06. The van der Waals surface area contributed by atoms with E-state index < -0.39 is 0 Å². The topological polar surface area (TPSA) is 52.5 Å². The number of hydrogen-bond donors (Lipinski definition) is 3. The molecule has 2 atom stereocenters. The minimum absolute atomic E-state index is 0.280. The lowest BCUT2D eigenvalue weighted by molar-refractivity contribution is 0.116. The lowest BCUT2D eigenvalue weighted by atomic mass is 9.95. The number of phenolic OH excluding ortho intramolecular Hbond substituents is 1. The second kappa shape index (κ2) is 4.64. The summed E-state index contributed by atoms with van der Waals surface area (Å²) in [6.07, 6.45) is 1.21. The van der Waals surface area contributed by atoms with Crippen LogP contribution in [0.5, 0.6) is 5.75 Å². The molecular formula is C12H17NO2. The highest BCUT2D eigenvalue weighted by atomic mass is 16.3. The predicted molar refractivity (Wildman–Crippen MR) is 58.8 cm³/mol. The Morgan fingerprint density at radius 1 is 1.40 bits per heavy atom. The summed E-state index contributed by atoms with van der Waals surface area (Å²) >= 11 is 0. The number of rotatable bonds is 3. The number of hydrogen-bond acceptors (Lipinski definition) is 3. The summed E-state index contributed by atoms with van der Waals surface area (Å²) in [6.45, 7) is 1.87. The van der Waals surface area contributed by atoms with Gasteiger partial charge in [-0.3, -0.25) is 0 Å². The Bertz CT molecular complexity index is 321. The van der Waals surface area contributed by atoms with E-state index in [1.54, 1.807) is 12.1 Å². The van der Waals surface area contributed by atoms with Gasteiger partial charge in [-0.2, -0.15) is 0 Å². The molecule has 0 aliphatic carbocycles. The second-order valence-corrected chi connectivity index (χ2v) is 4.15. The molecule has 0 amide bonds. The first-order valence-electron chi connectivity index (χ1n) is 5.43. The van der Waals surface area contributed by atoms with E-state index in [0.29, 0.717) is 12.3 Å². The molecule has 0 spiro atoms. The number of aliphatic hydroxyl groups is 1. The third kappa shape index (κ3) is 2.49. The highest BCUT2D eigenvalue weighted by Crippen LogP contribution is 2.22. The van der Waals surface area contributed by atoms with Crippen LogP contribution in [-0.4, -0.2) is 29.4 Å². The van der Waals surface area contributed by atoms with Crippen LogP contribution in [0.25, 0.3) is 0 Å². The fourth-order valence-corrected chi connectivity index (χ4v) is 2.08. The first kappa shape index (κ1) is 10.5. The fourth-order valence-electron chi connectivity index (χ4n) is 2.08. The maximum atomic E-state index is 9.98. The van der Waals surface area contributed by atoms with Gasteiger partial charge in [-0.1, -0.05) is 18.2 Å². The average Bonchev–Trinajstić information content (AvgIpc) is 2.74. The van der Waals surface area contributed by atoms with Gasteiger partial charge in [0.1, 0.15) is 5.75 Å². The van der Waals surface area contributed by atoms with Crippen molar-refractivity contribution in [2.45, 2.75) is 18.9 Å². The molecule has 1 saturated heterocycles. The van der Waals surface area contributed by atoms with E-state index >= 15 is 0 Å². The Balaban J connectivity index is 1.99. The quantitative estimate of drug-likeness (QED) is 0.690. The summed E-state index contributed by atoms with van der Waals surface area (Å²) in [7, 11) is 0. The monoisotopic (exact) mass is 207 g/mol. The van der Waals surface area contributed by atoms with E-state index in [2.05, 4.69) is 5.32 Å². The zero-order valence-electron chi connectivity index (χ0n) is 8.69. The van der Waals surface area contributed by atoms with Gasteiger partial charge < -0.3 is 15.5 Å². The summed E-state index contributed by atoms with van der Waals surface area (Å²) in [5, 5.41) is 22.8. The number of para-hydroxylation sites is 1. The van der Waals surface area contributed by atoms with Crippen molar-refractivity contribution in [1.82, 2.24) is 5.32 Å². The van der Waals surface area contributed by atoms with Crippen molar-refractivity contribution in [3.05, 3.63) is 29.8 Å². The maximum absolute atomic E-state index is 9.98. The molecular weight excluding hydrogens is 190 g/mol. The minimum atomic E-state index is -0.353. The Morgan fingerprint density at radius 2 is 2.20 bits per heavy atom. The first-order valence-corrected chi connectivity index (χ1v) is 5.43. The summed E-state index contributed by atoms with van der Waals surface area (Å²) < 4.78 is 0. The van der Waals surface area contributed by atoms with Gasteiger partial charge in [-0.25, -0.2) is 0 Å². The van der Waals surface area contributed by atoms with Gasteiger partial charge in [0.25, 0.3) is 0 Å². The molecule has 1 aliphatic heterocycles. The zero-order valence-corrected chi connectivity index (χ0v) is 8.69. The minimum Gasteiger partial charge on any atom is -0.508 e. The molecule has 0 bridgehead atoms. The van der Waals surface area contributed by atoms with E-state index in [0.717, 1.165) is 25.1 Å². The summed E-state index contributed by atoms with van der Waals surface area (Å²) in [6, 6.07) is 7.20. The van der Waals surface area contributed by atoms with E-state index in [9.17, 15) is 10.2 Å². The molecule has 0 saturated carbocycles. The lowest BCUT2D eigenvalue weighted by Gasteiger charge is -2.17. The van der Waals surface area contributed by atoms with Crippen molar-refractivity contribution in [3.8, 4) is 5.75 Å². The van der Waals surface area contributed by atoms with Gasteiger partial charge in [0.05, 0.1) is 6.10 Å². The summed E-state index contributed by atoms with van der Waals surface area (Å²) in [5.41, 5.74) is 0.830. The smallest absolute Gasteiger partial charge is 0.118 e. The Kier molecular flexibility index (Phi) is 3.23. The van der Waals surface area contributed by atoms with Crippen LogP contribution in [-0.2, 0) is 6.42 Å². The molecule has 2 rings (SSSR count). The largest absolute Gasteiger partial charge is 0.508 e. The first-order chi connectivity index (χ1) is 7.27. The highest BCUT2D eigenvalue weighted by Gasteiger charge is 2.23. The van der Waals surface area contributed by atoms with Crippen LogP contribution in [0, 0.1) is 5.92 Å². The van der Waals surface area contributed by atoms with Crippen LogP contribution in [0.15, 0.2) is 24.3 Å². The maximum Gasteiger partial charge on any atom is 0.118 e. The molecule has 3 N–H and O–H groups in total. The molecule has 1 aromatic carbocycles. The van der Waals surface area contributed by atoms with Gasteiger partial charge in [0.2, 0.25) is 0 Å². The van der Waals surface area contributed by atoms with Crippen LogP contribution in [0.4, 0.5) is 0 Å². The summed E-state index contributed by atoms with van der Waals surface area (Å²) in [5.74, 6) is 0.604. The molecule has 15 heavy (non-hydrogen) atoms. The van der Waals surface area contributed by atoms with Crippen LogP contribution in [0.2, 0.25) is 0 Å². The molecule has 82 valence electrons. The molecule has 3 nitrogen and oxygen atoms in total. The molecule has 1 aromatic rings. The van der Waals surface area contributed by atoms with Crippen LogP contribution >= 0.6 is 0 Å². The normalized spacial score (nSPS) is 22.9. The molecule has 1 fully saturated rings. The van der Waals surface area contributed by atoms with Crippen molar-refractivity contribution >= 4 is 0 Å². The third-order valence-electron chi connectivity index (χ3n) is 3.06. The van der Waals surface area contributed by atoms with Gasteiger partial charge in [-0.05, 0) is 30.5 Å². The molecule has 0 radical (unpaired) electrons. The standard InChI is InChI=1S/C12H17NO2/c14-11-4-2-1-3-9(11)7-12(15)10-5-6-13-8-10/h1-4,10,12-15H,5-8H2. The van der Waals surface area contributed by atoms with E-state index in [-0.39, 0.29) is 11.9 Å². The Morgan fingerprint density at radius 3 is 2.87 bits per heavy atom. The van der Waals surface area contributed by atoms with Crippen molar-refractivity contribution in [2.75, 3.05) is 13.1 Å². The van der Waals surface area contributed by atoms with Crippen molar-refractivity contribution in [2.24, 2.45) is 5.92 Å². The van der Waals surface area contributed by atoms with Gasteiger partial charge in [-0.15, -0.1) is 0 Å². The number of benzene rings is 1. The van der Waals surface area contributed by atoms with Crippen LogP contribution in [0.3, 0.4) is 0 Å². The zero-order chi connectivity index (χ0) is 10.7. The summed E-state index contributed by atoms with van der Waals surface area (Å²) in [4.78, 5) is 0. The SMILES string of the molecule is Oc1ccccc1CC(O)C1CCNC1. The fraction of sp³-hybridized carbons (Fsp3) is 0.500. The van der Waals surface area contributed by atoms with Gasteiger partial charge >= 0.3 is 0 Å². The van der Waals surface area contributed by atoms with Gasteiger partial charge in [0, 0.05) is 13.0 Å². The predicted octanol–water partition coefficient (Wildman–Crippen LogP) is 0.905. The van der Waals surface area contributed by atoms with Crippen LogP contribution in [0.1, 0.15) is 12.0 Å². The second-order valence-electron chi connectivity index (χ2n) is 4.15. The van der Waals surface area contributed by atoms with E-state index in [1.165, 1.54) is 0 Å². The number of aromatic hydroxyl groups is 1. The van der Waals surface area contributed by atoms with Crippen molar-refractivity contribution in [3.63, 3.8) is 0 Å². The molecule has 2 unspecified atom stereocenters. The number of aliphatic hydroxyl groups excluding tert-OH is 1. The van der Waals surface area contributed by atoms with Crippen molar-refractivity contribution < 1.29 is 10.2 Å². The molecule has 0 aromatic heterocycles. The average molecular weight is 207 g/mol. The third-order valence-corrected chi connectivity index (χ3v) is 3.06. The highest BCUT2D eigenvalue weighted by molar-refractivity contribution is 5.32. The molecule has 1 aliphatic rings. The molecule has 1 heterocycles. The number of nitrogens with one attached hydrogen (secondary N) is 1.